The molecule has 1 amide bonds. The van der Waals surface area contributed by atoms with Crippen LogP contribution in [-0.4, -0.2) is 39.3 Å². The van der Waals surface area contributed by atoms with Crippen LogP contribution in [0.1, 0.15) is 35.7 Å². The maximum absolute atomic E-state index is 12.6. The molecule has 28 heavy (non-hydrogen) atoms. The summed E-state index contributed by atoms with van der Waals surface area (Å²) in [7, 11) is -3.30. The zero-order chi connectivity index (χ0) is 20.1. The second kappa shape index (κ2) is 8.65. The van der Waals surface area contributed by atoms with Gasteiger partial charge in [-0.15, -0.1) is 0 Å². The number of sulfonamides is 1. The third-order valence-electron chi connectivity index (χ3n) is 4.71. The topological polar surface area (TPSA) is 75.7 Å². The quantitative estimate of drug-likeness (QED) is 0.806. The summed E-state index contributed by atoms with van der Waals surface area (Å²) in [5.41, 5.74) is 2.01. The van der Waals surface area contributed by atoms with Crippen molar-refractivity contribution < 1.29 is 17.9 Å². The molecular weight excluding hydrogens is 376 g/mol. The van der Waals surface area contributed by atoms with Gasteiger partial charge in [0.25, 0.3) is 5.91 Å². The van der Waals surface area contributed by atoms with Crippen LogP contribution in [0, 0.1) is 6.92 Å². The van der Waals surface area contributed by atoms with Gasteiger partial charge >= 0.3 is 0 Å². The van der Waals surface area contributed by atoms with Crippen molar-refractivity contribution >= 4 is 21.6 Å². The number of amides is 1. The van der Waals surface area contributed by atoms with Crippen LogP contribution < -0.4 is 14.4 Å². The van der Waals surface area contributed by atoms with Crippen molar-refractivity contribution in [3.63, 3.8) is 0 Å². The lowest BCUT2D eigenvalue weighted by Gasteiger charge is -2.28. The average Bonchev–Trinajstić information content (AvgIpc) is 2.67. The van der Waals surface area contributed by atoms with Crippen LogP contribution in [0.25, 0.3) is 0 Å². The normalized spacial score (nSPS) is 17.0. The number of carbonyl (C=O) groups excluding carboxylic acids is 1. The van der Waals surface area contributed by atoms with Gasteiger partial charge in [0, 0.05) is 12.1 Å². The van der Waals surface area contributed by atoms with Gasteiger partial charge in [0.1, 0.15) is 12.4 Å². The number of nitrogens with one attached hydrogen (secondary N) is 1. The molecule has 7 heteroatoms. The van der Waals surface area contributed by atoms with Crippen LogP contribution in [0.3, 0.4) is 0 Å². The third kappa shape index (κ3) is 4.84. The van der Waals surface area contributed by atoms with Gasteiger partial charge in [-0.3, -0.25) is 9.10 Å². The lowest BCUT2D eigenvalue weighted by atomic mass is 10.1. The molecule has 1 unspecified atom stereocenters. The average molecular weight is 403 g/mol. The number of ether oxygens (including phenoxy) is 1. The van der Waals surface area contributed by atoms with E-state index in [0.717, 1.165) is 17.7 Å². The fourth-order valence-corrected chi connectivity index (χ4v) is 4.79. The fraction of sp³-hybridized carbons (Fsp3) is 0.381. The first-order valence-electron chi connectivity index (χ1n) is 9.46. The van der Waals surface area contributed by atoms with E-state index in [1.54, 1.807) is 24.3 Å². The predicted molar refractivity (Wildman–Crippen MR) is 110 cm³/mol. The number of hydrogen-bond acceptors (Lipinski definition) is 4. The Hall–Kier alpha value is -2.54. The molecule has 1 atom stereocenters. The lowest BCUT2D eigenvalue weighted by Crippen LogP contribution is -2.38. The molecule has 150 valence electrons. The molecule has 0 radical (unpaired) electrons. The van der Waals surface area contributed by atoms with Gasteiger partial charge in [-0.2, -0.15) is 0 Å². The molecule has 1 N–H and O–H groups in total. The lowest BCUT2D eigenvalue weighted by molar-refractivity contribution is 0.0926. The summed E-state index contributed by atoms with van der Waals surface area (Å²) in [6.45, 7) is 4.64. The molecule has 0 aliphatic carbocycles. The monoisotopic (exact) mass is 402 g/mol. The largest absolute Gasteiger partial charge is 0.491 e. The Morgan fingerprint density at radius 3 is 2.71 bits per heavy atom. The molecule has 6 nitrogen and oxygen atoms in total. The molecule has 1 heterocycles. The van der Waals surface area contributed by atoms with E-state index in [-0.39, 0.29) is 17.7 Å². The molecule has 0 aromatic heterocycles. The van der Waals surface area contributed by atoms with Crippen LogP contribution in [0.2, 0.25) is 0 Å². The highest BCUT2D eigenvalue weighted by atomic mass is 32.2. The number of benzene rings is 2. The zero-order valence-electron chi connectivity index (χ0n) is 16.2. The molecule has 2 aromatic carbocycles. The molecule has 0 bridgehead atoms. The Morgan fingerprint density at radius 2 is 1.96 bits per heavy atom. The molecule has 1 aliphatic heterocycles. The minimum Gasteiger partial charge on any atom is -0.491 e. The number of aryl methyl sites for hydroxylation is 1. The van der Waals surface area contributed by atoms with E-state index >= 15 is 0 Å². The second-order valence-electron chi connectivity index (χ2n) is 7.10. The molecule has 0 saturated carbocycles. The van der Waals surface area contributed by atoms with Crippen molar-refractivity contribution in [3.8, 4) is 5.75 Å². The van der Waals surface area contributed by atoms with Crippen molar-refractivity contribution in [2.45, 2.75) is 32.7 Å². The van der Waals surface area contributed by atoms with Crippen molar-refractivity contribution in [2.24, 2.45) is 0 Å². The zero-order valence-corrected chi connectivity index (χ0v) is 17.0. The Morgan fingerprint density at radius 1 is 1.18 bits per heavy atom. The standard InChI is InChI=1S/C21H26N2O4S/c1-16-8-3-4-11-20(16)27-15-17(2)22-21(24)18-9-7-10-19(14-18)23-12-5-6-13-28(23,25)26/h3-4,7-11,14,17H,5-6,12-13,15H2,1-2H3,(H,22,24). The van der Waals surface area contributed by atoms with Gasteiger partial charge in [-0.05, 0) is 56.5 Å². The van der Waals surface area contributed by atoms with Crippen LogP contribution in [0.5, 0.6) is 5.75 Å². The number of hydrogen-bond donors (Lipinski definition) is 1. The van der Waals surface area contributed by atoms with E-state index in [0.29, 0.717) is 30.8 Å². The number of rotatable bonds is 6. The van der Waals surface area contributed by atoms with Crippen molar-refractivity contribution in [3.05, 3.63) is 59.7 Å². The van der Waals surface area contributed by atoms with Gasteiger partial charge in [0.05, 0.1) is 17.5 Å². The molecule has 2 aromatic rings. The highest BCUT2D eigenvalue weighted by Crippen LogP contribution is 2.24. The molecular formula is C21H26N2O4S. The first-order chi connectivity index (χ1) is 13.4. The maximum atomic E-state index is 12.6. The number of nitrogens with zero attached hydrogens (tertiary/aromatic N) is 1. The van der Waals surface area contributed by atoms with Crippen molar-refractivity contribution in [2.75, 3.05) is 23.2 Å². The smallest absolute Gasteiger partial charge is 0.251 e. The van der Waals surface area contributed by atoms with Crippen molar-refractivity contribution in [1.82, 2.24) is 5.32 Å². The number of anilines is 1. The molecule has 0 spiro atoms. The number of para-hydroxylation sites is 1. The Bertz CT molecular complexity index is 943. The van der Waals surface area contributed by atoms with E-state index in [2.05, 4.69) is 5.32 Å². The van der Waals surface area contributed by atoms with Crippen LogP contribution >= 0.6 is 0 Å². The van der Waals surface area contributed by atoms with Crippen LogP contribution in [-0.2, 0) is 10.0 Å². The van der Waals surface area contributed by atoms with Gasteiger partial charge < -0.3 is 10.1 Å². The summed E-state index contributed by atoms with van der Waals surface area (Å²) in [5, 5.41) is 2.90. The first-order valence-corrected chi connectivity index (χ1v) is 11.1. The minimum atomic E-state index is -3.30. The number of carbonyl (C=O) groups is 1. The van der Waals surface area contributed by atoms with E-state index in [4.69, 9.17) is 4.74 Å². The highest BCUT2D eigenvalue weighted by Gasteiger charge is 2.26. The summed E-state index contributed by atoms with van der Waals surface area (Å²) in [6.07, 6.45) is 1.50. The van der Waals surface area contributed by atoms with Crippen molar-refractivity contribution in [1.29, 1.82) is 0 Å². The minimum absolute atomic E-state index is 0.150. The predicted octanol–water partition coefficient (Wildman–Crippen LogP) is 3.12. The van der Waals surface area contributed by atoms with Gasteiger partial charge in [0.2, 0.25) is 10.0 Å². The summed E-state index contributed by atoms with van der Waals surface area (Å²) < 4.78 is 31.8. The van der Waals surface area contributed by atoms with E-state index < -0.39 is 10.0 Å². The van der Waals surface area contributed by atoms with Gasteiger partial charge in [0.15, 0.2) is 0 Å². The Kier molecular flexibility index (Phi) is 6.24. The SMILES string of the molecule is Cc1ccccc1OCC(C)NC(=O)c1cccc(N2CCCCS2(=O)=O)c1. The maximum Gasteiger partial charge on any atom is 0.251 e. The molecule has 1 fully saturated rings. The second-order valence-corrected chi connectivity index (χ2v) is 9.11. The summed E-state index contributed by atoms with van der Waals surface area (Å²) in [4.78, 5) is 12.6. The highest BCUT2D eigenvalue weighted by molar-refractivity contribution is 7.92. The van der Waals surface area contributed by atoms with Gasteiger partial charge in [-0.25, -0.2) is 8.42 Å². The summed E-state index contributed by atoms with van der Waals surface area (Å²) in [5.74, 6) is 0.689. The Balaban J connectivity index is 1.63. The molecule has 1 aliphatic rings. The van der Waals surface area contributed by atoms with Crippen LogP contribution in [0.4, 0.5) is 5.69 Å². The summed E-state index contributed by atoms with van der Waals surface area (Å²) in [6, 6.07) is 14.3. The van der Waals surface area contributed by atoms with E-state index in [9.17, 15) is 13.2 Å². The fourth-order valence-electron chi connectivity index (χ4n) is 3.16. The third-order valence-corrected chi connectivity index (χ3v) is 6.58. The first kappa shape index (κ1) is 20.2. The molecule has 3 rings (SSSR count). The van der Waals surface area contributed by atoms with Crippen LogP contribution in [0.15, 0.2) is 48.5 Å². The van der Waals surface area contributed by atoms with Gasteiger partial charge in [-0.1, -0.05) is 24.3 Å². The van der Waals surface area contributed by atoms with E-state index in [1.807, 2.05) is 38.1 Å². The molecule has 1 saturated heterocycles. The Labute approximate surface area is 166 Å². The van der Waals surface area contributed by atoms with E-state index in [1.165, 1.54) is 4.31 Å². The summed E-state index contributed by atoms with van der Waals surface area (Å²) >= 11 is 0.